The molecule has 128 valence electrons. The summed E-state index contributed by atoms with van der Waals surface area (Å²) < 4.78 is 2.22. The van der Waals surface area contributed by atoms with Crippen LogP contribution in [0.4, 0.5) is 0 Å². The van der Waals surface area contributed by atoms with Crippen molar-refractivity contribution in [2.24, 2.45) is 5.41 Å². The van der Waals surface area contributed by atoms with E-state index in [9.17, 15) is 14.7 Å². The zero-order valence-corrected chi connectivity index (χ0v) is 13.6. The number of fused-ring (bicyclic) bond motifs is 1. The van der Waals surface area contributed by atoms with Gasteiger partial charge in [0.05, 0.1) is 0 Å². The van der Waals surface area contributed by atoms with E-state index in [-0.39, 0.29) is 5.91 Å². The van der Waals surface area contributed by atoms with Crippen molar-refractivity contribution in [2.45, 2.75) is 51.0 Å². The molecule has 0 bridgehead atoms. The number of rotatable bonds is 3. The van der Waals surface area contributed by atoms with Crippen molar-refractivity contribution in [3.05, 3.63) is 23.8 Å². The minimum absolute atomic E-state index is 0.232. The number of likely N-dealkylation sites (tertiary alicyclic amines) is 1. The fourth-order valence-electron chi connectivity index (χ4n) is 4.21. The van der Waals surface area contributed by atoms with Gasteiger partial charge in [-0.3, -0.25) is 9.59 Å². The first-order valence-corrected chi connectivity index (χ1v) is 8.71. The van der Waals surface area contributed by atoms with Gasteiger partial charge < -0.3 is 14.6 Å². The topological polar surface area (TPSA) is 88.3 Å². The van der Waals surface area contributed by atoms with Crippen molar-refractivity contribution in [1.82, 2.24) is 19.7 Å². The first-order chi connectivity index (χ1) is 11.6. The van der Waals surface area contributed by atoms with Crippen molar-refractivity contribution >= 4 is 11.9 Å². The van der Waals surface area contributed by atoms with Crippen LogP contribution in [0.1, 0.15) is 49.7 Å². The minimum Gasteiger partial charge on any atom is -0.480 e. The molecule has 0 atom stereocenters. The van der Waals surface area contributed by atoms with E-state index in [2.05, 4.69) is 14.8 Å². The molecule has 4 rings (SSSR count). The predicted molar refractivity (Wildman–Crippen MR) is 85.3 cm³/mol. The Morgan fingerprint density at radius 2 is 1.83 bits per heavy atom. The average Bonchev–Trinajstić information content (AvgIpc) is 3.31. The van der Waals surface area contributed by atoms with Crippen LogP contribution in [0, 0.1) is 5.41 Å². The third kappa shape index (κ3) is 2.25. The molecular formula is C17H22N4O3. The zero-order chi connectivity index (χ0) is 16.7. The second-order valence-corrected chi connectivity index (χ2v) is 7.06. The van der Waals surface area contributed by atoms with Crippen molar-refractivity contribution in [1.29, 1.82) is 0 Å². The molecule has 7 heteroatoms. The molecule has 1 aliphatic carbocycles. The summed E-state index contributed by atoms with van der Waals surface area (Å²) in [5.74, 6) is 1.20. The van der Waals surface area contributed by atoms with Gasteiger partial charge in [0, 0.05) is 32.0 Å². The van der Waals surface area contributed by atoms with Gasteiger partial charge in [0.25, 0.3) is 0 Å². The van der Waals surface area contributed by atoms with E-state index < -0.39 is 11.4 Å². The lowest BCUT2D eigenvalue weighted by Gasteiger charge is -2.36. The van der Waals surface area contributed by atoms with Crippen LogP contribution < -0.4 is 0 Å². The van der Waals surface area contributed by atoms with Gasteiger partial charge in [-0.15, -0.1) is 10.2 Å². The van der Waals surface area contributed by atoms with E-state index in [4.69, 9.17) is 0 Å². The molecule has 1 aromatic rings. The lowest BCUT2D eigenvalue weighted by atomic mass is 9.82. The molecule has 1 amide bonds. The summed E-state index contributed by atoms with van der Waals surface area (Å²) in [7, 11) is 0. The molecule has 0 unspecified atom stereocenters. The van der Waals surface area contributed by atoms with Crippen molar-refractivity contribution < 1.29 is 14.7 Å². The van der Waals surface area contributed by atoms with Crippen LogP contribution >= 0.6 is 0 Å². The first-order valence-electron chi connectivity index (χ1n) is 8.71. The second kappa shape index (κ2) is 5.72. The maximum atomic E-state index is 12.8. The number of aromatic nitrogens is 3. The highest BCUT2D eigenvalue weighted by Crippen LogP contribution is 2.38. The summed E-state index contributed by atoms with van der Waals surface area (Å²) in [6.07, 6.45) is 8.00. The van der Waals surface area contributed by atoms with Crippen LogP contribution in [0.25, 0.3) is 0 Å². The molecular weight excluding hydrogens is 308 g/mol. The van der Waals surface area contributed by atoms with Gasteiger partial charge in [-0.25, -0.2) is 0 Å². The van der Waals surface area contributed by atoms with Crippen molar-refractivity contribution in [3.63, 3.8) is 0 Å². The Morgan fingerprint density at radius 1 is 1.12 bits per heavy atom. The number of piperidine rings is 1. The third-order valence-corrected chi connectivity index (χ3v) is 5.70. The van der Waals surface area contributed by atoms with Gasteiger partial charge in [-0.2, -0.15) is 0 Å². The molecule has 1 aromatic heterocycles. The maximum Gasteiger partial charge on any atom is 0.319 e. The number of carbonyl (C=O) groups is 2. The number of nitrogens with zero attached hydrogens (tertiary/aromatic N) is 4. The molecule has 0 saturated carbocycles. The number of aryl methyl sites for hydroxylation is 1. The number of carboxylic acids is 1. The smallest absolute Gasteiger partial charge is 0.319 e. The monoisotopic (exact) mass is 330 g/mol. The van der Waals surface area contributed by atoms with Gasteiger partial charge in [-0.1, -0.05) is 12.2 Å². The van der Waals surface area contributed by atoms with Gasteiger partial charge in [0.15, 0.2) is 5.41 Å². The zero-order valence-electron chi connectivity index (χ0n) is 13.6. The number of carbonyl (C=O) groups excluding carboxylic acids is 1. The van der Waals surface area contributed by atoms with Crippen LogP contribution in [0.2, 0.25) is 0 Å². The van der Waals surface area contributed by atoms with Gasteiger partial charge in [0.2, 0.25) is 5.91 Å². The lowest BCUT2D eigenvalue weighted by molar-refractivity contribution is -0.160. The molecule has 0 radical (unpaired) electrons. The van der Waals surface area contributed by atoms with Crippen molar-refractivity contribution in [2.75, 3.05) is 13.1 Å². The van der Waals surface area contributed by atoms with Crippen LogP contribution in [-0.2, 0) is 22.6 Å². The largest absolute Gasteiger partial charge is 0.480 e. The van der Waals surface area contributed by atoms with Crippen LogP contribution in [0.15, 0.2) is 12.2 Å². The van der Waals surface area contributed by atoms with Gasteiger partial charge >= 0.3 is 5.97 Å². The Morgan fingerprint density at radius 3 is 2.50 bits per heavy atom. The van der Waals surface area contributed by atoms with Gasteiger partial charge in [-0.05, 0) is 32.1 Å². The van der Waals surface area contributed by atoms with Crippen LogP contribution in [-0.4, -0.2) is 49.7 Å². The average molecular weight is 330 g/mol. The summed E-state index contributed by atoms with van der Waals surface area (Å²) in [4.78, 5) is 26.2. The number of amides is 1. The number of aliphatic carboxylic acids is 1. The summed E-state index contributed by atoms with van der Waals surface area (Å²) >= 11 is 0. The minimum atomic E-state index is -1.27. The second-order valence-electron chi connectivity index (χ2n) is 7.06. The highest BCUT2D eigenvalue weighted by atomic mass is 16.4. The normalized spacial score (nSPS) is 22.8. The maximum absolute atomic E-state index is 12.8. The molecule has 3 aliphatic rings. The molecule has 1 fully saturated rings. The number of allylic oxidation sites excluding steroid dienone is 2. The highest BCUT2D eigenvalue weighted by Gasteiger charge is 2.49. The summed E-state index contributed by atoms with van der Waals surface area (Å²) in [6.45, 7) is 2.19. The summed E-state index contributed by atoms with van der Waals surface area (Å²) in [6, 6.07) is 0. The number of carboxylic acid groups (broad SMARTS) is 1. The first kappa shape index (κ1) is 15.4. The third-order valence-electron chi connectivity index (χ3n) is 5.70. The van der Waals surface area contributed by atoms with Crippen LogP contribution in [0.3, 0.4) is 0 Å². The Kier molecular flexibility index (Phi) is 3.66. The molecule has 0 aromatic carbocycles. The van der Waals surface area contributed by atoms with E-state index in [1.54, 1.807) is 17.1 Å². The molecule has 1 saturated heterocycles. The van der Waals surface area contributed by atoms with Gasteiger partial charge in [0.1, 0.15) is 11.6 Å². The Bertz CT molecular complexity index is 693. The Hall–Kier alpha value is -2.18. The molecule has 3 heterocycles. The van der Waals surface area contributed by atoms with E-state index in [0.29, 0.717) is 31.8 Å². The number of hydrogen-bond acceptors (Lipinski definition) is 4. The Labute approximate surface area is 140 Å². The van der Waals surface area contributed by atoms with E-state index in [1.807, 2.05) is 0 Å². The van der Waals surface area contributed by atoms with Crippen molar-refractivity contribution in [3.8, 4) is 0 Å². The van der Waals surface area contributed by atoms with Crippen LogP contribution in [0.5, 0.6) is 0 Å². The van der Waals surface area contributed by atoms with E-state index in [0.717, 1.165) is 43.9 Å². The SMILES string of the molecule is O=C(O)C1(C(=O)N2CCC(c3nnc4n3CCC4)CC2)CC=CC1. The fourth-order valence-corrected chi connectivity index (χ4v) is 4.21. The molecule has 2 aliphatic heterocycles. The van der Waals surface area contributed by atoms with E-state index in [1.165, 1.54) is 0 Å². The number of hydrogen-bond donors (Lipinski definition) is 1. The lowest BCUT2D eigenvalue weighted by Crippen LogP contribution is -2.49. The van der Waals surface area contributed by atoms with E-state index >= 15 is 0 Å². The molecule has 0 spiro atoms. The standard InChI is InChI=1S/C17H22N4O3/c22-15(17(16(23)24)7-1-2-8-17)20-10-5-12(6-11-20)14-19-18-13-4-3-9-21(13)14/h1-2,12H,3-11H2,(H,23,24). The summed E-state index contributed by atoms with van der Waals surface area (Å²) in [5, 5.41) is 18.2. The predicted octanol–water partition coefficient (Wildman–Crippen LogP) is 1.35. The fraction of sp³-hybridized carbons (Fsp3) is 0.647. The molecule has 7 nitrogen and oxygen atoms in total. The summed E-state index contributed by atoms with van der Waals surface area (Å²) in [5.41, 5.74) is -1.27. The molecule has 24 heavy (non-hydrogen) atoms. The quantitative estimate of drug-likeness (QED) is 0.667. The molecule has 1 N–H and O–H groups in total. The highest BCUT2D eigenvalue weighted by molar-refractivity contribution is 6.02. The Balaban J connectivity index is 1.44.